The summed E-state index contributed by atoms with van der Waals surface area (Å²) in [5, 5.41) is 5.45. The Kier molecular flexibility index (Phi) is 4.83. The fraction of sp³-hybridized carbons (Fsp3) is 0.421. The van der Waals surface area contributed by atoms with Crippen molar-refractivity contribution in [2.75, 3.05) is 25.2 Å². The summed E-state index contributed by atoms with van der Waals surface area (Å²) in [5.41, 5.74) is 2.16. The minimum absolute atomic E-state index is 0.0426. The molecule has 1 saturated heterocycles. The molecule has 0 spiro atoms. The van der Waals surface area contributed by atoms with Gasteiger partial charge in [-0.3, -0.25) is 0 Å². The van der Waals surface area contributed by atoms with E-state index in [-0.39, 0.29) is 5.54 Å². The summed E-state index contributed by atoms with van der Waals surface area (Å²) < 4.78 is 8.41. The molecule has 1 aromatic carbocycles. The van der Waals surface area contributed by atoms with Gasteiger partial charge in [-0.25, -0.2) is 9.67 Å². The lowest BCUT2D eigenvalue weighted by Crippen LogP contribution is -2.53. The first-order valence-electron chi connectivity index (χ1n) is 8.80. The Morgan fingerprint density at radius 1 is 1.23 bits per heavy atom. The lowest BCUT2D eigenvalue weighted by Gasteiger charge is -2.44. The Balaban J connectivity index is 1.72. The fourth-order valence-electron chi connectivity index (χ4n) is 3.72. The Hall–Kier alpha value is -1.74. The normalized spacial score (nSPS) is 16.7. The monoisotopic (exact) mass is 463 g/mol. The van der Waals surface area contributed by atoms with E-state index in [1.807, 2.05) is 17.9 Å². The lowest BCUT2D eigenvalue weighted by atomic mass is 9.82. The highest BCUT2D eigenvalue weighted by Crippen LogP contribution is 2.33. The maximum absolute atomic E-state index is 5.66. The van der Waals surface area contributed by atoms with Gasteiger partial charge < -0.3 is 9.64 Å². The maximum Gasteiger partial charge on any atom is 0.227 e. The average Bonchev–Trinajstić information content (AvgIpc) is 2.96. The number of aryl methyl sites for hydroxylation is 1. The van der Waals surface area contributed by atoms with Crippen molar-refractivity contribution in [1.82, 2.24) is 19.7 Å². The third-order valence-electron chi connectivity index (χ3n) is 5.33. The molecule has 3 heterocycles. The summed E-state index contributed by atoms with van der Waals surface area (Å²) in [6.07, 6.45) is 4.77. The van der Waals surface area contributed by atoms with Crippen LogP contribution in [0.25, 0.3) is 11.0 Å². The van der Waals surface area contributed by atoms with Crippen molar-refractivity contribution >= 4 is 39.6 Å². The Bertz CT molecular complexity index is 905. The molecule has 136 valence electrons. The number of likely N-dealkylation sites (N-methyl/N-ethyl adjacent to an activating group) is 1. The molecule has 0 radical (unpaired) electrons. The van der Waals surface area contributed by atoms with Gasteiger partial charge in [0.2, 0.25) is 5.95 Å². The van der Waals surface area contributed by atoms with Crippen LogP contribution in [-0.4, -0.2) is 45.5 Å². The quantitative estimate of drug-likeness (QED) is 0.557. The van der Waals surface area contributed by atoms with Crippen LogP contribution in [0.5, 0.6) is 0 Å². The van der Waals surface area contributed by atoms with Crippen LogP contribution in [0.3, 0.4) is 0 Å². The van der Waals surface area contributed by atoms with Gasteiger partial charge in [-0.2, -0.15) is 10.1 Å². The van der Waals surface area contributed by atoms with Crippen molar-refractivity contribution in [2.45, 2.75) is 24.8 Å². The van der Waals surface area contributed by atoms with Gasteiger partial charge in [0, 0.05) is 33.5 Å². The Morgan fingerprint density at radius 3 is 2.69 bits per heavy atom. The number of halogens is 1. The number of anilines is 1. The molecule has 4 rings (SSSR count). The lowest BCUT2D eigenvalue weighted by molar-refractivity contribution is 0.0510. The number of nitrogens with zero attached hydrogens (tertiary/aromatic N) is 5. The van der Waals surface area contributed by atoms with Crippen LogP contribution >= 0.6 is 22.6 Å². The topological polar surface area (TPSA) is 56.1 Å². The smallest absolute Gasteiger partial charge is 0.227 e. The molecule has 0 bridgehead atoms. The largest absolute Gasteiger partial charge is 0.381 e. The minimum Gasteiger partial charge on any atom is -0.381 e. The third-order valence-corrected chi connectivity index (χ3v) is 6.13. The first kappa shape index (κ1) is 17.7. The van der Waals surface area contributed by atoms with Gasteiger partial charge in [-0.15, -0.1) is 0 Å². The van der Waals surface area contributed by atoms with Crippen molar-refractivity contribution in [3.63, 3.8) is 0 Å². The standard InChI is InChI=1S/C19H22IN5O/c1-24(18-21-13-15-16(20)23-25(2)17(15)22-18)19(8-10-26-11-9-19)12-14-6-4-3-5-7-14/h3-7,13H,8-12H2,1-2H3. The number of ether oxygens (including phenoxy) is 1. The van der Waals surface area contributed by atoms with Crippen molar-refractivity contribution in [3.05, 3.63) is 45.8 Å². The van der Waals surface area contributed by atoms with Gasteiger partial charge in [0.05, 0.1) is 10.9 Å². The number of hydrogen-bond donors (Lipinski definition) is 0. The van der Waals surface area contributed by atoms with Crippen LogP contribution in [0.15, 0.2) is 36.5 Å². The van der Waals surface area contributed by atoms with E-state index in [4.69, 9.17) is 9.72 Å². The molecule has 0 N–H and O–H groups in total. The summed E-state index contributed by atoms with van der Waals surface area (Å²) in [7, 11) is 4.03. The second-order valence-electron chi connectivity index (χ2n) is 6.88. The minimum atomic E-state index is -0.0426. The first-order chi connectivity index (χ1) is 12.6. The van der Waals surface area contributed by atoms with Crippen LogP contribution in [0.1, 0.15) is 18.4 Å². The SMILES string of the molecule is CN(c1ncc2c(I)nn(C)c2n1)C1(Cc2ccccc2)CCOCC1. The molecule has 0 aliphatic carbocycles. The van der Waals surface area contributed by atoms with E-state index in [1.165, 1.54) is 5.56 Å². The summed E-state index contributed by atoms with van der Waals surface area (Å²) >= 11 is 2.23. The van der Waals surface area contributed by atoms with Crippen molar-refractivity contribution in [1.29, 1.82) is 0 Å². The van der Waals surface area contributed by atoms with Crippen molar-refractivity contribution in [2.24, 2.45) is 7.05 Å². The van der Waals surface area contributed by atoms with Crippen molar-refractivity contribution < 1.29 is 4.74 Å². The molecular weight excluding hydrogens is 441 g/mol. The zero-order valence-corrected chi connectivity index (χ0v) is 17.2. The third kappa shape index (κ3) is 3.18. The summed E-state index contributed by atoms with van der Waals surface area (Å²) in [4.78, 5) is 11.7. The number of fused-ring (bicyclic) bond motifs is 1. The molecule has 3 aromatic rings. The number of hydrogen-bond acceptors (Lipinski definition) is 5. The highest BCUT2D eigenvalue weighted by atomic mass is 127. The predicted octanol–water partition coefficient (Wildman–Crippen LogP) is 3.20. The van der Waals surface area contributed by atoms with E-state index in [1.54, 1.807) is 0 Å². The number of benzene rings is 1. The predicted molar refractivity (Wildman–Crippen MR) is 110 cm³/mol. The molecule has 1 aliphatic rings. The molecule has 26 heavy (non-hydrogen) atoms. The van der Waals surface area contributed by atoms with E-state index >= 15 is 0 Å². The number of rotatable bonds is 4. The van der Waals surface area contributed by atoms with Crippen molar-refractivity contribution in [3.8, 4) is 0 Å². The van der Waals surface area contributed by atoms with Gasteiger partial charge in [0.1, 0.15) is 3.70 Å². The van der Waals surface area contributed by atoms with Crippen LogP contribution in [0.4, 0.5) is 5.95 Å². The van der Waals surface area contributed by atoms with E-state index in [2.05, 4.69) is 75.0 Å². The molecule has 6 nitrogen and oxygen atoms in total. The summed E-state index contributed by atoms with van der Waals surface area (Å²) in [6, 6.07) is 10.6. The van der Waals surface area contributed by atoms with E-state index in [0.29, 0.717) is 0 Å². The molecule has 1 fully saturated rings. The highest BCUT2D eigenvalue weighted by molar-refractivity contribution is 14.1. The van der Waals surface area contributed by atoms with Gasteiger partial charge in [-0.1, -0.05) is 30.3 Å². The highest BCUT2D eigenvalue weighted by Gasteiger charge is 2.38. The maximum atomic E-state index is 5.66. The van der Waals surface area contributed by atoms with Crippen LogP contribution in [0.2, 0.25) is 0 Å². The summed E-state index contributed by atoms with van der Waals surface area (Å²) in [6.45, 7) is 1.53. The van der Waals surface area contributed by atoms with Gasteiger partial charge in [-0.05, 0) is 47.4 Å². The molecule has 1 aliphatic heterocycles. The van der Waals surface area contributed by atoms with E-state index < -0.39 is 0 Å². The van der Waals surface area contributed by atoms with E-state index in [0.717, 1.165) is 53.2 Å². The zero-order chi connectivity index (χ0) is 18.1. The molecule has 0 saturated carbocycles. The van der Waals surface area contributed by atoms with Gasteiger partial charge in [0.25, 0.3) is 0 Å². The van der Waals surface area contributed by atoms with Crippen LogP contribution in [0, 0.1) is 3.70 Å². The van der Waals surface area contributed by atoms with Crippen LogP contribution in [-0.2, 0) is 18.2 Å². The van der Waals surface area contributed by atoms with E-state index in [9.17, 15) is 0 Å². The molecule has 7 heteroatoms. The Morgan fingerprint density at radius 2 is 1.96 bits per heavy atom. The second-order valence-corrected chi connectivity index (χ2v) is 7.90. The number of aromatic nitrogens is 4. The molecule has 0 unspecified atom stereocenters. The van der Waals surface area contributed by atoms with Crippen LogP contribution < -0.4 is 4.90 Å². The first-order valence-corrected chi connectivity index (χ1v) is 9.88. The average molecular weight is 463 g/mol. The second kappa shape index (κ2) is 7.11. The van der Waals surface area contributed by atoms with Gasteiger partial charge in [0.15, 0.2) is 5.65 Å². The molecule has 0 atom stereocenters. The fourth-order valence-corrected chi connectivity index (χ4v) is 4.42. The Labute approximate surface area is 166 Å². The summed E-state index contributed by atoms with van der Waals surface area (Å²) in [5.74, 6) is 0.745. The zero-order valence-electron chi connectivity index (χ0n) is 15.0. The molecule has 2 aromatic heterocycles. The van der Waals surface area contributed by atoms with Gasteiger partial charge >= 0.3 is 0 Å². The molecular formula is C19H22IN5O. The molecule has 0 amide bonds.